The second-order valence-corrected chi connectivity index (χ2v) is 4.44. The molecule has 4 nitrogen and oxygen atoms in total. The Hall–Kier alpha value is -1.10. The Morgan fingerprint density at radius 1 is 1.32 bits per heavy atom. The van der Waals surface area contributed by atoms with E-state index in [1.165, 1.54) is 0 Å². The lowest BCUT2D eigenvalue weighted by molar-refractivity contribution is -0.121. The van der Waals surface area contributed by atoms with Crippen LogP contribution in [0.2, 0.25) is 0 Å². The number of benzene rings is 1. The van der Waals surface area contributed by atoms with Crippen molar-refractivity contribution < 1.29 is 9.90 Å². The van der Waals surface area contributed by atoms with E-state index in [0.29, 0.717) is 6.42 Å². The number of nitrogens with one attached hydrogen (secondary N) is 2. The lowest BCUT2D eigenvalue weighted by Gasteiger charge is -2.12. The number of aliphatic hydroxyl groups is 1. The van der Waals surface area contributed by atoms with Crippen molar-refractivity contribution in [3.63, 3.8) is 0 Å². The highest BCUT2D eigenvalue weighted by Crippen LogP contribution is 2.12. The lowest BCUT2D eigenvalue weighted by Crippen LogP contribution is -2.28. The van der Waals surface area contributed by atoms with Crippen LogP contribution in [0, 0.1) is 6.92 Å². The molecule has 0 saturated heterocycles. The van der Waals surface area contributed by atoms with Crippen molar-refractivity contribution in [2.75, 3.05) is 20.1 Å². The van der Waals surface area contributed by atoms with Gasteiger partial charge in [0, 0.05) is 13.0 Å². The summed E-state index contributed by atoms with van der Waals surface area (Å²) in [4.78, 5) is 11.5. The summed E-state index contributed by atoms with van der Waals surface area (Å²) in [7, 11) is 1.86. The van der Waals surface area contributed by atoms with E-state index >= 15 is 0 Å². The molecule has 1 aromatic carbocycles. The molecule has 0 aromatic heterocycles. The predicted molar refractivity (Wildman–Crippen MR) is 79.6 cm³/mol. The van der Waals surface area contributed by atoms with Crippen molar-refractivity contribution >= 4 is 18.3 Å². The van der Waals surface area contributed by atoms with Gasteiger partial charge in [0.25, 0.3) is 0 Å². The molecule has 1 rings (SSSR count). The van der Waals surface area contributed by atoms with Crippen LogP contribution < -0.4 is 10.6 Å². The summed E-state index contributed by atoms with van der Waals surface area (Å²) in [6.45, 7) is 3.09. The van der Waals surface area contributed by atoms with Gasteiger partial charge in [-0.15, -0.1) is 12.4 Å². The number of halogens is 1. The quantitative estimate of drug-likeness (QED) is 0.667. The number of amides is 1. The normalized spacial score (nSPS) is 11.5. The van der Waals surface area contributed by atoms with E-state index in [0.717, 1.165) is 24.1 Å². The summed E-state index contributed by atoms with van der Waals surface area (Å²) in [5.74, 6) is -0.0172. The molecule has 1 amide bonds. The molecular weight excluding hydrogens is 264 g/mol. The van der Waals surface area contributed by atoms with Gasteiger partial charge in [-0.1, -0.05) is 29.8 Å². The van der Waals surface area contributed by atoms with Gasteiger partial charge in [0.05, 0.1) is 6.10 Å². The maximum atomic E-state index is 11.5. The molecule has 0 heterocycles. The first-order chi connectivity index (χ1) is 8.63. The molecule has 1 atom stereocenters. The summed E-state index contributed by atoms with van der Waals surface area (Å²) in [6, 6.07) is 7.67. The molecule has 1 aromatic rings. The number of rotatable bonds is 7. The lowest BCUT2D eigenvalue weighted by atomic mass is 10.1. The molecular formula is C14H23ClN2O2. The molecule has 0 radical (unpaired) electrons. The summed E-state index contributed by atoms with van der Waals surface area (Å²) < 4.78 is 0. The van der Waals surface area contributed by atoms with Crippen molar-refractivity contribution in [1.29, 1.82) is 0 Å². The van der Waals surface area contributed by atoms with Gasteiger partial charge in [-0.3, -0.25) is 4.79 Å². The zero-order valence-electron chi connectivity index (χ0n) is 11.5. The summed E-state index contributed by atoms with van der Waals surface area (Å²) in [5.41, 5.74) is 1.98. The van der Waals surface area contributed by atoms with Crippen LogP contribution >= 0.6 is 12.4 Å². The highest BCUT2D eigenvalue weighted by molar-refractivity contribution is 5.85. The third-order valence-electron chi connectivity index (χ3n) is 2.79. The molecule has 0 saturated carbocycles. The average molecular weight is 287 g/mol. The molecule has 0 spiro atoms. The van der Waals surface area contributed by atoms with E-state index in [2.05, 4.69) is 10.6 Å². The minimum absolute atomic E-state index is 0. The summed E-state index contributed by atoms with van der Waals surface area (Å²) in [6.07, 6.45) is 0.656. The molecule has 0 aliphatic rings. The molecule has 0 aliphatic heterocycles. The van der Waals surface area contributed by atoms with Gasteiger partial charge in [-0.05, 0) is 32.5 Å². The number of aliphatic hydroxyl groups excluding tert-OH is 1. The average Bonchev–Trinajstić information content (AvgIpc) is 2.37. The largest absolute Gasteiger partial charge is 0.387 e. The molecule has 19 heavy (non-hydrogen) atoms. The van der Waals surface area contributed by atoms with Gasteiger partial charge < -0.3 is 15.7 Å². The minimum atomic E-state index is -0.640. The highest BCUT2D eigenvalue weighted by Gasteiger charge is 2.08. The Morgan fingerprint density at radius 2 is 1.95 bits per heavy atom. The van der Waals surface area contributed by atoms with E-state index in [-0.39, 0.29) is 24.9 Å². The Morgan fingerprint density at radius 3 is 2.53 bits per heavy atom. The first-order valence-corrected chi connectivity index (χ1v) is 6.29. The molecule has 5 heteroatoms. The van der Waals surface area contributed by atoms with Crippen molar-refractivity contribution in [3.8, 4) is 0 Å². The predicted octanol–water partition coefficient (Wildman–Crippen LogP) is 1.57. The standard InChI is InChI=1S/C14H22N2O2.ClH/c1-11-5-7-12(8-6-11)13(17)10-16-14(18)4-3-9-15-2;/h5-8,13,15,17H,3-4,9-10H2,1-2H3,(H,16,18);1H. The third-order valence-corrected chi connectivity index (χ3v) is 2.79. The number of carbonyl (C=O) groups excluding carboxylic acids is 1. The number of hydrogen-bond acceptors (Lipinski definition) is 3. The van der Waals surface area contributed by atoms with Crippen LogP contribution in [0.3, 0.4) is 0 Å². The highest BCUT2D eigenvalue weighted by atomic mass is 35.5. The Labute approximate surface area is 121 Å². The molecule has 3 N–H and O–H groups in total. The van der Waals surface area contributed by atoms with Crippen LogP contribution in [-0.2, 0) is 4.79 Å². The second kappa shape index (κ2) is 9.78. The zero-order chi connectivity index (χ0) is 13.4. The smallest absolute Gasteiger partial charge is 0.220 e. The maximum Gasteiger partial charge on any atom is 0.220 e. The number of carbonyl (C=O) groups is 1. The van der Waals surface area contributed by atoms with E-state index in [1.807, 2.05) is 38.2 Å². The SMILES string of the molecule is CNCCCC(=O)NCC(O)c1ccc(C)cc1.Cl. The van der Waals surface area contributed by atoms with Gasteiger partial charge in [0.2, 0.25) is 5.91 Å². The van der Waals surface area contributed by atoms with Gasteiger partial charge in [0.1, 0.15) is 0 Å². The van der Waals surface area contributed by atoms with E-state index in [1.54, 1.807) is 0 Å². The van der Waals surface area contributed by atoms with Crippen LogP contribution in [-0.4, -0.2) is 31.2 Å². The molecule has 0 bridgehead atoms. The van der Waals surface area contributed by atoms with Crippen molar-refractivity contribution in [1.82, 2.24) is 10.6 Å². The second-order valence-electron chi connectivity index (χ2n) is 4.44. The van der Waals surface area contributed by atoms with Gasteiger partial charge in [-0.25, -0.2) is 0 Å². The Balaban J connectivity index is 0.00000324. The monoisotopic (exact) mass is 286 g/mol. The van der Waals surface area contributed by atoms with E-state index in [9.17, 15) is 9.90 Å². The fourth-order valence-electron chi connectivity index (χ4n) is 1.63. The molecule has 0 aliphatic carbocycles. The number of aryl methyl sites for hydroxylation is 1. The van der Waals surface area contributed by atoms with Crippen molar-refractivity contribution in [2.24, 2.45) is 0 Å². The first-order valence-electron chi connectivity index (χ1n) is 6.29. The topological polar surface area (TPSA) is 61.4 Å². The van der Waals surface area contributed by atoms with E-state index in [4.69, 9.17) is 0 Å². The fraction of sp³-hybridized carbons (Fsp3) is 0.500. The zero-order valence-corrected chi connectivity index (χ0v) is 12.3. The fourth-order valence-corrected chi connectivity index (χ4v) is 1.63. The Bertz CT molecular complexity index is 368. The summed E-state index contributed by atoms with van der Waals surface area (Å²) in [5, 5.41) is 15.6. The van der Waals surface area contributed by atoms with Crippen molar-refractivity contribution in [2.45, 2.75) is 25.9 Å². The molecule has 108 valence electrons. The van der Waals surface area contributed by atoms with Crippen LogP contribution in [0.25, 0.3) is 0 Å². The van der Waals surface area contributed by atoms with Crippen LogP contribution in [0.1, 0.15) is 30.1 Å². The van der Waals surface area contributed by atoms with Gasteiger partial charge in [-0.2, -0.15) is 0 Å². The third kappa shape index (κ3) is 7.15. The number of hydrogen-bond donors (Lipinski definition) is 3. The van der Waals surface area contributed by atoms with Crippen LogP contribution in [0.5, 0.6) is 0 Å². The molecule has 1 unspecified atom stereocenters. The first kappa shape index (κ1) is 17.9. The van der Waals surface area contributed by atoms with Crippen LogP contribution in [0.15, 0.2) is 24.3 Å². The van der Waals surface area contributed by atoms with Crippen molar-refractivity contribution in [3.05, 3.63) is 35.4 Å². The summed E-state index contributed by atoms with van der Waals surface area (Å²) >= 11 is 0. The van der Waals surface area contributed by atoms with Crippen LogP contribution in [0.4, 0.5) is 0 Å². The van der Waals surface area contributed by atoms with Gasteiger partial charge in [0.15, 0.2) is 0 Å². The minimum Gasteiger partial charge on any atom is -0.387 e. The maximum absolute atomic E-state index is 11.5. The van der Waals surface area contributed by atoms with E-state index < -0.39 is 6.10 Å². The molecule has 0 fully saturated rings. The Kier molecular flexibility index (Phi) is 9.21. The van der Waals surface area contributed by atoms with Gasteiger partial charge >= 0.3 is 0 Å².